The van der Waals surface area contributed by atoms with Crippen molar-refractivity contribution in [3.63, 3.8) is 0 Å². The largest absolute Gasteiger partial charge is 0.334 e. The number of hydrogen-bond donors (Lipinski definition) is 1. The van der Waals surface area contributed by atoms with E-state index in [1.54, 1.807) is 16.8 Å². The molecule has 2 bridgehead atoms. The van der Waals surface area contributed by atoms with E-state index in [2.05, 4.69) is 5.32 Å². The fourth-order valence-electron chi connectivity index (χ4n) is 4.80. The average molecular weight is 378 g/mol. The van der Waals surface area contributed by atoms with Crippen molar-refractivity contribution in [3.05, 3.63) is 30.3 Å². The monoisotopic (exact) mass is 377 g/mol. The standard InChI is InChI=1S/C20H27N3O2.ClH/c1-22(19(24)13-14-11-15-7-8-16(12-14)21-15)18-9-10-23(20(18)25)17-5-3-2-4-6-17;/h2-6,14-16,18,21H,7-13H2,1H3;1H. The van der Waals surface area contributed by atoms with Crippen molar-refractivity contribution in [2.75, 3.05) is 18.5 Å². The molecule has 3 aliphatic rings. The molecule has 1 aromatic carbocycles. The first-order valence-electron chi connectivity index (χ1n) is 9.50. The molecule has 5 nitrogen and oxygen atoms in total. The Labute approximate surface area is 161 Å². The van der Waals surface area contributed by atoms with Gasteiger partial charge in [0.1, 0.15) is 6.04 Å². The number of piperidine rings is 1. The Bertz CT molecular complexity index is 642. The van der Waals surface area contributed by atoms with Gasteiger partial charge in [-0.3, -0.25) is 9.59 Å². The number of likely N-dealkylation sites (N-methyl/N-ethyl adjacent to an activating group) is 1. The quantitative estimate of drug-likeness (QED) is 0.877. The van der Waals surface area contributed by atoms with Crippen LogP contribution >= 0.6 is 12.4 Å². The molecule has 0 aliphatic carbocycles. The van der Waals surface area contributed by atoms with Crippen molar-refractivity contribution in [1.82, 2.24) is 10.2 Å². The molecule has 3 unspecified atom stereocenters. The van der Waals surface area contributed by atoms with E-state index in [-0.39, 0.29) is 30.3 Å². The van der Waals surface area contributed by atoms with Gasteiger partial charge >= 0.3 is 0 Å². The Balaban J connectivity index is 0.00000196. The number of amides is 2. The average Bonchev–Trinajstić information content (AvgIpc) is 3.17. The predicted molar refractivity (Wildman–Crippen MR) is 105 cm³/mol. The molecule has 3 fully saturated rings. The summed E-state index contributed by atoms with van der Waals surface area (Å²) in [7, 11) is 1.80. The summed E-state index contributed by atoms with van der Waals surface area (Å²) >= 11 is 0. The number of fused-ring (bicyclic) bond motifs is 2. The highest BCUT2D eigenvalue weighted by Crippen LogP contribution is 2.33. The van der Waals surface area contributed by atoms with Gasteiger partial charge in [-0.15, -0.1) is 12.4 Å². The fourth-order valence-corrected chi connectivity index (χ4v) is 4.80. The first-order valence-corrected chi connectivity index (χ1v) is 9.50. The Morgan fingerprint density at radius 2 is 1.81 bits per heavy atom. The summed E-state index contributed by atoms with van der Waals surface area (Å²) in [6, 6.07) is 10.6. The Hall–Kier alpha value is -1.59. The minimum atomic E-state index is -0.314. The van der Waals surface area contributed by atoms with Gasteiger partial charge in [0, 0.05) is 37.8 Å². The van der Waals surface area contributed by atoms with E-state index < -0.39 is 0 Å². The number of hydrogen-bond acceptors (Lipinski definition) is 3. The molecule has 1 N–H and O–H groups in total. The van der Waals surface area contributed by atoms with E-state index in [1.165, 1.54) is 12.8 Å². The van der Waals surface area contributed by atoms with Crippen LogP contribution in [0.2, 0.25) is 0 Å². The number of nitrogens with zero attached hydrogens (tertiary/aromatic N) is 2. The molecule has 0 saturated carbocycles. The van der Waals surface area contributed by atoms with Crippen molar-refractivity contribution in [1.29, 1.82) is 0 Å². The maximum Gasteiger partial charge on any atom is 0.249 e. The van der Waals surface area contributed by atoms with E-state index in [9.17, 15) is 9.59 Å². The number of carbonyl (C=O) groups excluding carboxylic acids is 2. The zero-order chi connectivity index (χ0) is 17.4. The van der Waals surface area contributed by atoms with Crippen molar-refractivity contribution in [2.45, 2.75) is 56.7 Å². The highest BCUT2D eigenvalue weighted by Gasteiger charge is 2.39. The minimum absolute atomic E-state index is 0. The lowest BCUT2D eigenvalue weighted by Crippen LogP contribution is -2.45. The molecule has 0 spiro atoms. The molecule has 3 aliphatic heterocycles. The molecule has 26 heavy (non-hydrogen) atoms. The minimum Gasteiger partial charge on any atom is -0.334 e. The second-order valence-corrected chi connectivity index (χ2v) is 7.81. The van der Waals surface area contributed by atoms with Gasteiger partial charge in [-0.05, 0) is 50.2 Å². The van der Waals surface area contributed by atoms with Crippen LogP contribution in [-0.2, 0) is 9.59 Å². The van der Waals surface area contributed by atoms with Crippen molar-refractivity contribution >= 4 is 29.9 Å². The second kappa shape index (κ2) is 7.97. The van der Waals surface area contributed by atoms with Crippen molar-refractivity contribution < 1.29 is 9.59 Å². The molecule has 6 heteroatoms. The van der Waals surface area contributed by atoms with Crippen LogP contribution in [-0.4, -0.2) is 48.4 Å². The lowest BCUT2D eigenvalue weighted by Gasteiger charge is -2.31. The van der Waals surface area contributed by atoms with Crippen LogP contribution < -0.4 is 10.2 Å². The smallest absolute Gasteiger partial charge is 0.249 e. The Kier molecular flexibility index (Phi) is 5.88. The third-order valence-electron chi connectivity index (χ3n) is 6.14. The van der Waals surface area contributed by atoms with Crippen LogP contribution in [0.3, 0.4) is 0 Å². The van der Waals surface area contributed by atoms with E-state index in [1.807, 2.05) is 30.3 Å². The molecule has 3 heterocycles. The van der Waals surface area contributed by atoms with Crippen LogP contribution in [0.25, 0.3) is 0 Å². The number of rotatable bonds is 4. The predicted octanol–water partition coefficient (Wildman–Crippen LogP) is 2.59. The van der Waals surface area contributed by atoms with E-state index >= 15 is 0 Å². The first kappa shape index (κ1) is 19.2. The lowest BCUT2D eigenvalue weighted by molar-refractivity contribution is -0.137. The first-order chi connectivity index (χ1) is 12.1. The Morgan fingerprint density at radius 1 is 1.15 bits per heavy atom. The summed E-state index contributed by atoms with van der Waals surface area (Å²) in [5, 5.41) is 3.62. The van der Waals surface area contributed by atoms with Crippen molar-refractivity contribution in [3.8, 4) is 0 Å². The summed E-state index contributed by atoms with van der Waals surface area (Å²) in [6.07, 6.45) is 6.00. The van der Waals surface area contributed by atoms with Crippen LogP contribution in [0.1, 0.15) is 38.5 Å². The van der Waals surface area contributed by atoms with E-state index in [4.69, 9.17) is 0 Å². The summed E-state index contributed by atoms with van der Waals surface area (Å²) in [5.41, 5.74) is 0.922. The molecule has 3 saturated heterocycles. The number of carbonyl (C=O) groups is 2. The molecule has 0 aromatic heterocycles. The Morgan fingerprint density at radius 3 is 2.46 bits per heavy atom. The highest BCUT2D eigenvalue weighted by atomic mass is 35.5. The lowest BCUT2D eigenvalue weighted by atomic mass is 9.89. The van der Waals surface area contributed by atoms with Gasteiger partial charge in [0.2, 0.25) is 11.8 Å². The third kappa shape index (κ3) is 3.74. The molecule has 4 rings (SSSR count). The van der Waals surface area contributed by atoms with Crippen LogP contribution in [0, 0.1) is 5.92 Å². The third-order valence-corrected chi connectivity index (χ3v) is 6.14. The highest BCUT2D eigenvalue weighted by molar-refractivity contribution is 6.01. The summed E-state index contributed by atoms with van der Waals surface area (Å²) < 4.78 is 0. The van der Waals surface area contributed by atoms with Crippen molar-refractivity contribution in [2.24, 2.45) is 5.92 Å². The number of para-hydroxylation sites is 1. The van der Waals surface area contributed by atoms with Gasteiger partial charge in [0.15, 0.2) is 0 Å². The molecule has 142 valence electrons. The summed E-state index contributed by atoms with van der Waals surface area (Å²) in [6.45, 7) is 0.683. The zero-order valence-electron chi connectivity index (χ0n) is 15.3. The van der Waals surface area contributed by atoms with Gasteiger partial charge in [0.05, 0.1) is 0 Å². The molecular formula is C20H28ClN3O2. The SMILES string of the molecule is CN(C(=O)CC1CC2CCC(C1)N2)C1CCN(c2ccccc2)C1=O.Cl. The maximum absolute atomic E-state index is 12.8. The molecule has 3 atom stereocenters. The van der Waals surface area contributed by atoms with Gasteiger partial charge in [-0.2, -0.15) is 0 Å². The van der Waals surface area contributed by atoms with Gasteiger partial charge in [0.25, 0.3) is 0 Å². The molecule has 2 amide bonds. The second-order valence-electron chi connectivity index (χ2n) is 7.81. The number of halogens is 1. The van der Waals surface area contributed by atoms with Gasteiger partial charge < -0.3 is 15.1 Å². The van der Waals surface area contributed by atoms with Crippen LogP contribution in [0.15, 0.2) is 30.3 Å². The van der Waals surface area contributed by atoms with E-state index in [0.717, 1.165) is 18.5 Å². The van der Waals surface area contributed by atoms with Gasteiger partial charge in [-0.25, -0.2) is 0 Å². The number of benzene rings is 1. The zero-order valence-corrected chi connectivity index (χ0v) is 16.1. The van der Waals surface area contributed by atoms with Gasteiger partial charge in [-0.1, -0.05) is 18.2 Å². The molecule has 1 aromatic rings. The molecular weight excluding hydrogens is 350 g/mol. The van der Waals surface area contributed by atoms with Crippen LogP contribution in [0.5, 0.6) is 0 Å². The van der Waals surface area contributed by atoms with E-state index in [0.29, 0.717) is 37.4 Å². The van der Waals surface area contributed by atoms with Crippen LogP contribution in [0.4, 0.5) is 5.69 Å². The maximum atomic E-state index is 12.8. The molecule has 0 radical (unpaired) electrons. The normalized spacial score (nSPS) is 30.2. The number of nitrogens with one attached hydrogen (secondary N) is 1. The summed E-state index contributed by atoms with van der Waals surface area (Å²) in [5.74, 6) is 0.641. The topological polar surface area (TPSA) is 52.7 Å². The number of anilines is 1. The summed E-state index contributed by atoms with van der Waals surface area (Å²) in [4.78, 5) is 29.0. The fraction of sp³-hybridized carbons (Fsp3) is 0.600.